The minimum Gasteiger partial charge on any atom is -0.327 e. The SMILES string of the molecule is Cc1cc(F)ccc1CC(N)C1CCCc2sccc21. The van der Waals surface area contributed by atoms with Crippen molar-refractivity contribution in [1.82, 2.24) is 0 Å². The third-order valence-corrected chi connectivity index (χ3v) is 5.37. The highest BCUT2D eigenvalue weighted by Crippen LogP contribution is 2.37. The number of nitrogens with two attached hydrogens (primary N) is 1. The molecule has 1 aliphatic carbocycles. The van der Waals surface area contributed by atoms with E-state index in [1.165, 1.54) is 41.3 Å². The Morgan fingerprint density at radius 3 is 3.05 bits per heavy atom. The minimum atomic E-state index is -0.169. The Bertz CT molecular complexity index is 605. The molecule has 0 saturated carbocycles. The maximum atomic E-state index is 13.2. The molecule has 0 fully saturated rings. The van der Waals surface area contributed by atoms with Crippen LogP contribution < -0.4 is 5.73 Å². The van der Waals surface area contributed by atoms with E-state index in [0.29, 0.717) is 5.92 Å². The first-order valence-electron chi connectivity index (χ1n) is 7.22. The highest BCUT2D eigenvalue weighted by Gasteiger charge is 2.26. The van der Waals surface area contributed by atoms with E-state index < -0.39 is 0 Å². The topological polar surface area (TPSA) is 26.0 Å². The van der Waals surface area contributed by atoms with Crippen molar-refractivity contribution in [3.05, 3.63) is 57.0 Å². The van der Waals surface area contributed by atoms with Gasteiger partial charge in [0.2, 0.25) is 0 Å². The van der Waals surface area contributed by atoms with Crippen molar-refractivity contribution in [2.45, 2.75) is 44.6 Å². The fourth-order valence-corrected chi connectivity index (χ4v) is 4.25. The van der Waals surface area contributed by atoms with E-state index in [1.807, 2.05) is 24.3 Å². The van der Waals surface area contributed by atoms with E-state index in [1.54, 1.807) is 6.07 Å². The Balaban J connectivity index is 1.79. The molecule has 1 nitrogen and oxygen atoms in total. The molecule has 1 aliphatic rings. The van der Waals surface area contributed by atoms with E-state index >= 15 is 0 Å². The van der Waals surface area contributed by atoms with Gasteiger partial charge in [0.15, 0.2) is 0 Å². The fourth-order valence-electron chi connectivity index (χ4n) is 3.25. The van der Waals surface area contributed by atoms with Crippen LogP contribution in [0.2, 0.25) is 0 Å². The minimum absolute atomic E-state index is 0.118. The van der Waals surface area contributed by atoms with Crippen LogP contribution in [0.1, 0.15) is 40.3 Å². The van der Waals surface area contributed by atoms with Gasteiger partial charge in [-0.1, -0.05) is 6.07 Å². The molecule has 2 N–H and O–H groups in total. The van der Waals surface area contributed by atoms with Gasteiger partial charge in [-0.3, -0.25) is 0 Å². The van der Waals surface area contributed by atoms with E-state index in [-0.39, 0.29) is 11.9 Å². The lowest BCUT2D eigenvalue weighted by Crippen LogP contribution is -2.32. The molecule has 2 unspecified atom stereocenters. The number of hydrogen-bond acceptors (Lipinski definition) is 2. The summed E-state index contributed by atoms with van der Waals surface area (Å²) in [5, 5.41) is 2.18. The number of thiophene rings is 1. The molecule has 0 saturated heterocycles. The van der Waals surface area contributed by atoms with Crippen molar-refractivity contribution < 1.29 is 4.39 Å². The molecular weight excluding hydrogens is 269 g/mol. The zero-order chi connectivity index (χ0) is 14.1. The fraction of sp³-hybridized carbons (Fsp3) is 0.412. The molecule has 106 valence electrons. The monoisotopic (exact) mass is 289 g/mol. The summed E-state index contributed by atoms with van der Waals surface area (Å²) in [6, 6.07) is 7.36. The maximum Gasteiger partial charge on any atom is 0.123 e. The summed E-state index contributed by atoms with van der Waals surface area (Å²) in [6.45, 7) is 1.96. The number of aryl methyl sites for hydroxylation is 2. The molecule has 2 aromatic rings. The standard InChI is InChI=1S/C17H20FNS/c1-11-9-13(18)6-5-12(11)10-16(19)14-3-2-4-17-15(14)7-8-20-17/h5-9,14,16H,2-4,10,19H2,1H3. The van der Waals surface area contributed by atoms with Gasteiger partial charge in [-0.2, -0.15) is 0 Å². The second-order valence-corrected chi connectivity index (χ2v) is 6.74. The molecule has 0 radical (unpaired) electrons. The molecule has 3 rings (SSSR count). The second-order valence-electron chi connectivity index (χ2n) is 5.74. The van der Waals surface area contributed by atoms with Crippen LogP contribution in [0.4, 0.5) is 4.39 Å². The lowest BCUT2D eigenvalue weighted by molar-refractivity contribution is 0.463. The van der Waals surface area contributed by atoms with Crippen molar-refractivity contribution >= 4 is 11.3 Å². The van der Waals surface area contributed by atoms with Crippen LogP contribution in [0, 0.1) is 12.7 Å². The Kier molecular flexibility index (Phi) is 3.90. The van der Waals surface area contributed by atoms with Crippen LogP contribution in [0.15, 0.2) is 29.6 Å². The molecule has 1 aromatic heterocycles. The highest BCUT2D eigenvalue weighted by atomic mass is 32.1. The normalized spacial score (nSPS) is 19.6. The van der Waals surface area contributed by atoms with E-state index in [9.17, 15) is 4.39 Å². The molecule has 0 bridgehead atoms. The predicted octanol–water partition coefficient (Wildman–Crippen LogP) is 4.19. The lowest BCUT2D eigenvalue weighted by Gasteiger charge is -2.28. The maximum absolute atomic E-state index is 13.2. The summed E-state index contributed by atoms with van der Waals surface area (Å²) in [5.74, 6) is 0.284. The summed E-state index contributed by atoms with van der Waals surface area (Å²) in [4.78, 5) is 1.51. The first kappa shape index (κ1) is 13.8. The van der Waals surface area contributed by atoms with Gasteiger partial charge in [0.25, 0.3) is 0 Å². The van der Waals surface area contributed by atoms with Gasteiger partial charge in [0.1, 0.15) is 5.82 Å². The lowest BCUT2D eigenvalue weighted by atomic mass is 9.80. The molecule has 20 heavy (non-hydrogen) atoms. The average Bonchev–Trinajstić information content (AvgIpc) is 2.90. The van der Waals surface area contributed by atoms with E-state index in [4.69, 9.17) is 5.73 Å². The largest absolute Gasteiger partial charge is 0.327 e. The number of fused-ring (bicyclic) bond motifs is 1. The third-order valence-electron chi connectivity index (χ3n) is 4.38. The van der Waals surface area contributed by atoms with Gasteiger partial charge in [0, 0.05) is 16.8 Å². The highest BCUT2D eigenvalue weighted by molar-refractivity contribution is 7.10. The summed E-state index contributed by atoms with van der Waals surface area (Å²) in [5.41, 5.74) is 10.1. The molecule has 1 aromatic carbocycles. The van der Waals surface area contributed by atoms with E-state index in [2.05, 4.69) is 11.4 Å². The van der Waals surface area contributed by atoms with Crippen molar-refractivity contribution in [2.75, 3.05) is 0 Å². The van der Waals surface area contributed by atoms with Gasteiger partial charge in [-0.05, 0) is 72.9 Å². The Labute approximate surface area is 123 Å². The van der Waals surface area contributed by atoms with Gasteiger partial charge in [-0.15, -0.1) is 11.3 Å². The Morgan fingerprint density at radius 2 is 2.25 bits per heavy atom. The zero-order valence-electron chi connectivity index (χ0n) is 11.7. The van der Waals surface area contributed by atoms with Crippen LogP contribution in [-0.2, 0) is 12.8 Å². The summed E-state index contributed by atoms with van der Waals surface area (Å²) >= 11 is 1.85. The van der Waals surface area contributed by atoms with Crippen molar-refractivity contribution in [3.63, 3.8) is 0 Å². The van der Waals surface area contributed by atoms with Crippen LogP contribution >= 0.6 is 11.3 Å². The smallest absolute Gasteiger partial charge is 0.123 e. The third kappa shape index (κ3) is 2.65. The van der Waals surface area contributed by atoms with Crippen LogP contribution in [-0.4, -0.2) is 6.04 Å². The molecule has 1 heterocycles. The summed E-state index contributed by atoms with van der Waals surface area (Å²) in [6.07, 6.45) is 4.43. The average molecular weight is 289 g/mol. The second kappa shape index (κ2) is 5.66. The van der Waals surface area contributed by atoms with E-state index in [0.717, 1.165) is 12.0 Å². The van der Waals surface area contributed by atoms with Gasteiger partial charge in [0.05, 0.1) is 0 Å². The molecule has 0 aliphatic heterocycles. The predicted molar refractivity (Wildman–Crippen MR) is 82.8 cm³/mol. The van der Waals surface area contributed by atoms with Crippen molar-refractivity contribution in [3.8, 4) is 0 Å². The molecule has 0 amide bonds. The van der Waals surface area contributed by atoms with Gasteiger partial charge >= 0.3 is 0 Å². The number of rotatable bonds is 3. The van der Waals surface area contributed by atoms with Crippen LogP contribution in [0.25, 0.3) is 0 Å². The van der Waals surface area contributed by atoms with Crippen molar-refractivity contribution in [2.24, 2.45) is 5.73 Å². The molecule has 3 heteroatoms. The van der Waals surface area contributed by atoms with Gasteiger partial charge < -0.3 is 5.73 Å². The first-order chi connectivity index (χ1) is 9.65. The van der Waals surface area contributed by atoms with Crippen molar-refractivity contribution in [1.29, 1.82) is 0 Å². The number of hydrogen-bond donors (Lipinski definition) is 1. The zero-order valence-corrected chi connectivity index (χ0v) is 12.5. The molecular formula is C17H20FNS. The van der Waals surface area contributed by atoms with Crippen LogP contribution in [0.3, 0.4) is 0 Å². The molecule has 2 atom stereocenters. The number of halogens is 1. The van der Waals surface area contributed by atoms with Crippen LogP contribution in [0.5, 0.6) is 0 Å². The quantitative estimate of drug-likeness (QED) is 0.901. The Hall–Kier alpha value is -1.19. The summed E-state index contributed by atoms with van der Waals surface area (Å²) in [7, 11) is 0. The molecule has 0 spiro atoms. The van der Waals surface area contributed by atoms with Gasteiger partial charge in [-0.25, -0.2) is 4.39 Å². The summed E-state index contributed by atoms with van der Waals surface area (Å²) < 4.78 is 13.2. The first-order valence-corrected chi connectivity index (χ1v) is 8.10. The number of benzene rings is 1. The Morgan fingerprint density at radius 1 is 1.40 bits per heavy atom.